The van der Waals surface area contributed by atoms with Gasteiger partial charge in [0.1, 0.15) is 0 Å². The molecule has 3 atom stereocenters. The lowest BCUT2D eigenvalue weighted by Crippen LogP contribution is -2.43. The van der Waals surface area contributed by atoms with Gasteiger partial charge in [-0.05, 0) is 32.6 Å². The summed E-state index contributed by atoms with van der Waals surface area (Å²) in [6.45, 7) is 2.32. The van der Waals surface area contributed by atoms with E-state index < -0.39 is 21.7 Å². The Morgan fingerprint density at radius 1 is 1.20 bits per heavy atom. The van der Waals surface area contributed by atoms with Gasteiger partial charge in [-0.2, -0.15) is 0 Å². The number of carboxylic acid groups (broad SMARTS) is 1. The van der Waals surface area contributed by atoms with Crippen molar-refractivity contribution < 1.29 is 23.1 Å². The third-order valence-corrected chi connectivity index (χ3v) is 6.15. The Morgan fingerprint density at radius 3 is 2.30 bits per heavy atom. The zero-order valence-electron chi connectivity index (χ0n) is 11.6. The van der Waals surface area contributed by atoms with Crippen molar-refractivity contribution in [3.8, 4) is 0 Å². The van der Waals surface area contributed by atoms with Gasteiger partial charge in [0.15, 0.2) is 9.84 Å². The lowest BCUT2D eigenvalue weighted by Gasteiger charge is -2.29. The molecule has 0 radical (unpaired) electrons. The van der Waals surface area contributed by atoms with Crippen LogP contribution in [-0.4, -0.2) is 54.4 Å². The molecule has 1 heterocycles. The van der Waals surface area contributed by atoms with Gasteiger partial charge in [0.05, 0.1) is 17.4 Å². The molecule has 6 nitrogen and oxygen atoms in total. The molecule has 7 heteroatoms. The SMILES string of the molecule is CCN(C(=O)C1CCC(C(=O)O)C1)C1CCS(=O)(=O)C1. The van der Waals surface area contributed by atoms with Crippen LogP contribution in [-0.2, 0) is 19.4 Å². The number of carboxylic acids is 1. The minimum absolute atomic E-state index is 0.0433. The van der Waals surface area contributed by atoms with Crippen molar-refractivity contribution in [3.63, 3.8) is 0 Å². The Labute approximate surface area is 119 Å². The second-order valence-electron chi connectivity index (χ2n) is 5.73. The summed E-state index contributed by atoms with van der Waals surface area (Å²) in [5, 5.41) is 8.98. The maximum atomic E-state index is 12.5. The molecule has 1 aliphatic heterocycles. The van der Waals surface area contributed by atoms with Gasteiger partial charge in [-0.25, -0.2) is 8.42 Å². The minimum Gasteiger partial charge on any atom is -0.481 e. The highest BCUT2D eigenvalue weighted by molar-refractivity contribution is 7.91. The molecule has 20 heavy (non-hydrogen) atoms. The van der Waals surface area contributed by atoms with Gasteiger partial charge in [0.25, 0.3) is 0 Å². The highest BCUT2D eigenvalue weighted by Crippen LogP contribution is 2.33. The summed E-state index contributed by atoms with van der Waals surface area (Å²) in [6, 6.07) is -0.235. The van der Waals surface area contributed by atoms with Crippen LogP contribution in [0.3, 0.4) is 0 Å². The van der Waals surface area contributed by atoms with E-state index >= 15 is 0 Å². The first-order chi connectivity index (χ1) is 9.34. The highest BCUT2D eigenvalue weighted by Gasteiger charge is 2.40. The average Bonchev–Trinajstić information content (AvgIpc) is 2.97. The van der Waals surface area contributed by atoms with E-state index in [-0.39, 0.29) is 29.4 Å². The van der Waals surface area contributed by atoms with Gasteiger partial charge in [-0.15, -0.1) is 0 Å². The van der Waals surface area contributed by atoms with Crippen molar-refractivity contribution in [3.05, 3.63) is 0 Å². The number of carbonyl (C=O) groups is 2. The fraction of sp³-hybridized carbons (Fsp3) is 0.846. The summed E-state index contributed by atoms with van der Waals surface area (Å²) in [4.78, 5) is 25.1. The average molecular weight is 303 g/mol. The molecule has 1 saturated heterocycles. The van der Waals surface area contributed by atoms with Crippen molar-refractivity contribution in [2.45, 2.75) is 38.6 Å². The van der Waals surface area contributed by atoms with Crippen molar-refractivity contribution in [2.75, 3.05) is 18.1 Å². The zero-order valence-corrected chi connectivity index (χ0v) is 12.4. The maximum Gasteiger partial charge on any atom is 0.306 e. The van der Waals surface area contributed by atoms with Crippen LogP contribution in [0.5, 0.6) is 0 Å². The number of rotatable bonds is 4. The molecule has 1 saturated carbocycles. The van der Waals surface area contributed by atoms with E-state index in [9.17, 15) is 18.0 Å². The van der Waals surface area contributed by atoms with Gasteiger partial charge in [-0.1, -0.05) is 0 Å². The summed E-state index contributed by atoms with van der Waals surface area (Å²) < 4.78 is 23.1. The number of sulfone groups is 1. The number of hydrogen-bond donors (Lipinski definition) is 1. The van der Waals surface area contributed by atoms with Gasteiger partial charge in [0.2, 0.25) is 5.91 Å². The van der Waals surface area contributed by atoms with E-state index in [1.54, 1.807) is 4.90 Å². The second-order valence-corrected chi connectivity index (χ2v) is 7.95. The number of amides is 1. The Hall–Kier alpha value is -1.11. The number of nitrogens with zero attached hydrogens (tertiary/aromatic N) is 1. The molecule has 1 N–H and O–H groups in total. The minimum atomic E-state index is -3.02. The van der Waals surface area contributed by atoms with Crippen molar-refractivity contribution in [2.24, 2.45) is 11.8 Å². The third kappa shape index (κ3) is 3.13. The topological polar surface area (TPSA) is 91.8 Å². The number of aliphatic carboxylic acids is 1. The van der Waals surface area contributed by atoms with Crippen LogP contribution in [0.25, 0.3) is 0 Å². The summed E-state index contributed by atoms with van der Waals surface area (Å²) in [7, 11) is -3.02. The highest BCUT2D eigenvalue weighted by atomic mass is 32.2. The predicted molar refractivity (Wildman–Crippen MR) is 72.9 cm³/mol. The van der Waals surface area contributed by atoms with Crippen molar-refractivity contribution in [1.82, 2.24) is 4.90 Å². The Morgan fingerprint density at radius 2 is 1.85 bits per heavy atom. The lowest BCUT2D eigenvalue weighted by atomic mass is 10.0. The molecule has 2 rings (SSSR count). The summed E-state index contributed by atoms with van der Waals surface area (Å²) in [5.74, 6) is -1.43. The standard InChI is InChI=1S/C13H21NO5S/c1-2-14(11-5-6-20(18,19)8-11)12(15)9-3-4-10(7-9)13(16)17/h9-11H,2-8H2,1H3,(H,16,17). The first-order valence-corrected chi connectivity index (χ1v) is 8.90. The van der Waals surface area contributed by atoms with Crippen LogP contribution in [0.2, 0.25) is 0 Å². The quantitative estimate of drug-likeness (QED) is 0.817. The molecule has 3 unspecified atom stereocenters. The van der Waals surface area contributed by atoms with Crippen molar-refractivity contribution in [1.29, 1.82) is 0 Å². The maximum absolute atomic E-state index is 12.5. The normalized spacial score (nSPS) is 32.1. The van der Waals surface area contributed by atoms with E-state index in [0.29, 0.717) is 32.2 Å². The molecule has 1 aliphatic carbocycles. The fourth-order valence-electron chi connectivity index (χ4n) is 3.28. The van der Waals surface area contributed by atoms with E-state index in [4.69, 9.17) is 5.11 Å². The lowest BCUT2D eigenvalue weighted by molar-refractivity contribution is -0.141. The van der Waals surface area contributed by atoms with E-state index in [1.807, 2.05) is 6.92 Å². The molecule has 2 fully saturated rings. The van der Waals surface area contributed by atoms with Crippen LogP contribution in [0.15, 0.2) is 0 Å². The second kappa shape index (κ2) is 5.71. The predicted octanol–water partition coefficient (Wildman–Crippen LogP) is 0.523. The molecular weight excluding hydrogens is 282 g/mol. The smallest absolute Gasteiger partial charge is 0.306 e. The summed E-state index contributed by atoms with van der Waals surface area (Å²) in [6.07, 6.45) is 2.00. The summed E-state index contributed by atoms with van der Waals surface area (Å²) in [5.41, 5.74) is 0. The Balaban J connectivity index is 2.02. The van der Waals surface area contributed by atoms with E-state index in [1.165, 1.54) is 0 Å². The molecule has 0 aromatic heterocycles. The molecule has 0 aromatic rings. The van der Waals surface area contributed by atoms with Crippen LogP contribution >= 0.6 is 0 Å². The van der Waals surface area contributed by atoms with Crippen LogP contribution in [0, 0.1) is 11.8 Å². The third-order valence-electron chi connectivity index (χ3n) is 4.40. The molecular formula is C13H21NO5S. The van der Waals surface area contributed by atoms with E-state index in [2.05, 4.69) is 0 Å². The molecule has 0 bridgehead atoms. The van der Waals surface area contributed by atoms with Gasteiger partial charge < -0.3 is 10.0 Å². The summed E-state index contributed by atoms with van der Waals surface area (Å²) >= 11 is 0. The Bertz CT molecular complexity index is 501. The fourth-order valence-corrected chi connectivity index (χ4v) is 5.01. The molecule has 1 amide bonds. The zero-order chi connectivity index (χ0) is 14.9. The van der Waals surface area contributed by atoms with Crippen LogP contribution < -0.4 is 0 Å². The molecule has 0 aromatic carbocycles. The molecule has 0 spiro atoms. The van der Waals surface area contributed by atoms with E-state index in [0.717, 1.165) is 0 Å². The molecule has 2 aliphatic rings. The monoisotopic (exact) mass is 303 g/mol. The first kappa shape index (κ1) is 15.3. The van der Waals surface area contributed by atoms with Crippen LogP contribution in [0.1, 0.15) is 32.6 Å². The van der Waals surface area contributed by atoms with Crippen LogP contribution in [0.4, 0.5) is 0 Å². The first-order valence-electron chi connectivity index (χ1n) is 7.07. The largest absolute Gasteiger partial charge is 0.481 e. The van der Waals surface area contributed by atoms with Crippen molar-refractivity contribution >= 4 is 21.7 Å². The van der Waals surface area contributed by atoms with Gasteiger partial charge >= 0.3 is 5.97 Å². The van der Waals surface area contributed by atoms with Gasteiger partial charge in [-0.3, -0.25) is 9.59 Å². The Kier molecular flexibility index (Phi) is 4.36. The van der Waals surface area contributed by atoms with Gasteiger partial charge in [0, 0.05) is 18.5 Å². The number of hydrogen-bond acceptors (Lipinski definition) is 4. The molecule has 114 valence electrons. The number of carbonyl (C=O) groups excluding carboxylic acids is 1.